The fourth-order valence-electron chi connectivity index (χ4n) is 3.29. The van der Waals surface area contributed by atoms with Crippen LogP contribution >= 0.6 is 0 Å². The van der Waals surface area contributed by atoms with Gasteiger partial charge in [0.15, 0.2) is 0 Å². The Balaban J connectivity index is 1.66. The number of nitrogens with one attached hydrogen (secondary N) is 2. The zero-order valence-corrected chi connectivity index (χ0v) is 13.5. The van der Waals surface area contributed by atoms with Gasteiger partial charge in [0.1, 0.15) is 6.04 Å². The largest absolute Gasteiger partial charge is 0.354 e. The van der Waals surface area contributed by atoms with Crippen LogP contribution in [0.1, 0.15) is 54.1 Å². The number of fused-ring (bicyclic) bond motifs is 1. The molecule has 4 rings (SSSR count). The molecule has 124 valence electrons. The second kappa shape index (κ2) is 6.23. The molecule has 0 bridgehead atoms. The highest BCUT2D eigenvalue weighted by atomic mass is 16.2. The highest BCUT2D eigenvalue weighted by Crippen LogP contribution is 2.40. The van der Waals surface area contributed by atoms with Gasteiger partial charge in [-0.05, 0) is 44.2 Å². The van der Waals surface area contributed by atoms with Gasteiger partial charge in [0.25, 0.3) is 5.91 Å². The fraction of sp³-hybridized carbons (Fsp3) is 0.421. The number of para-hydroxylation sites is 1. The lowest BCUT2D eigenvalue weighted by molar-refractivity contribution is -0.122. The summed E-state index contributed by atoms with van der Waals surface area (Å²) in [5.74, 6) is 0.210. The number of benzene rings is 1. The first-order chi connectivity index (χ1) is 11.7. The number of amides is 2. The van der Waals surface area contributed by atoms with Crippen LogP contribution in [0.3, 0.4) is 0 Å². The van der Waals surface area contributed by atoms with Crippen molar-refractivity contribution in [3.8, 4) is 0 Å². The van der Waals surface area contributed by atoms with Gasteiger partial charge in [-0.25, -0.2) is 0 Å². The summed E-state index contributed by atoms with van der Waals surface area (Å²) in [5, 5.41) is 6.63. The van der Waals surface area contributed by atoms with Gasteiger partial charge < -0.3 is 10.6 Å². The van der Waals surface area contributed by atoms with Crippen LogP contribution in [-0.4, -0.2) is 29.4 Å². The molecule has 2 fully saturated rings. The van der Waals surface area contributed by atoms with E-state index in [2.05, 4.69) is 10.6 Å². The number of carbonyl (C=O) groups excluding carboxylic acids is 2. The van der Waals surface area contributed by atoms with Gasteiger partial charge in [-0.1, -0.05) is 18.2 Å². The normalized spacial score (nSPS) is 21.2. The van der Waals surface area contributed by atoms with Gasteiger partial charge >= 0.3 is 0 Å². The third kappa shape index (κ3) is 2.98. The Labute approximate surface area is 140 Å². The molecule has 5 heteroatoms. The zero-order valence-electron chi connectivity index (χ0n) is 13.5. The summed E-state index contributed by atoms with van der Waals surface area (Å²) < 4.78 is 0. The van der Waals surface area contributed by atoms with E-state index in [0.29, 0.717) is 24.4 Å². The van der Waals surface area contributed by atoms with E-state index in [9.17, 15) is 9.59 Å². The van der Waals surface area contributed by atoms with Crippen molar-refractivity contribution in [3.63, 3.8) is 0 Å². The number of rotatable bonds is 3. The molecule has 1 aromatic carbocycles. The van der Waals surface area contributed by atoms with Crippen LogP contribution in [-0.2, 0) is 4.79 Å². The Morgan fingerprint density at radius 1 is 1.17 bits per heavy atom. The van der Waals surface area contributed by atoms with Crippen LogP contribution < -0.4 is 10.6 Å². The zero-order chi connectivity index (χ0) is 16.5. The topological polar surface area (TPSA) is 71.1 Å². The Bertz CT molecular complexity index is 798. The Kier molecular flexibility index (Phi) is 3.92. The van der Waals surface area contributed by atoms with Gasteiger partial charge in [-0.2, -0.15) is 0 Å². The maximum atomic E-state index is 12.9. The van der Waals surface area contributed by atoms with E-state index in [1.165, 1.54) is 0 Å². The van der Waals surface area contributed by atoms with E-state index in [0.717, 1.165) is 42.3 Å². The van der Waals surface area contributed by atoms with E-state index >= 15 is 0 Å². The minimum absolute atomic E-state index is 0.0818. The lowest BCUT2D eigenvalue weighted by Crippen LogP contribution is -2.45. The molecule has 1 saturated carbocycles. The molecule has 0 spiro atoms. The van der Waals surface area contributed by atoms with Crippen LogP contribution in [0.2, 0.25) is 0 Å². The molecule has 2 N–H and O–H groups in total. The van der Waals surface area contributed by atoms with Crippen LogP contribution in [0.15, 0.2) is 30.3 Å². The lowest BCUT2D eigenvalue weighted by atomic mass is 10.0. The number of hydrogen-bond donors (Lipinski definition) is 2. The molecular formula is C19H21N3O2. The van der Waals surface area contributed by atoms with Crippen molar-refractivity contribution in [2.45, 2.75) is 44.1 Å². The second-order valence-corrected chi connectivity index (χ2v) is 6.70. The van der Waals surface area contributed by atoms with Crippen molar-refractivity contribution in [2.24, 2.45) is 0 Å². The number of nitrogens with zero attached hydrogens (tertiary/aromatic N) is 1. The van der Waals surface area contributed by atoms with Gasteiger partial charge in [0.2, 0.25) is 5.91 Å². The molecule has 1 atom stereocenters. The van der Waals surface area contributed by atoms with Crippen LogP contribution in [0, 0.1) is 0 Å². The first-order valence-electron chi connectivity index (χ1n) is 8.70. The van der Waals surface area contributed by atoms with Crippen molar-refractivity contribution in [2.75, 3.05) is 6.54 Å². The highest BCUT2D eigenvalue weighted by Gasteiger charge is 2.28. The van der Waals surface area contributed by atoms with Gasteiger partial charge in [-0.15, -0.1) is 0 Å². The maximum Gasteiger partial charge on any atom is 0.252 e. The first kappa shape index (κ1) is 15.1. The molecule has 2 heterocycles. The average molecular weight is 323 g/mol. The second-order valence-electron chi connectivity index (χ2n) is 6.70. The predicted octanol–water partition coefficient (Wildman–Crippen LogP) is 2.51. The predicted molar refractivity (Wildman–Crippen MR) is 91.8 cm³/mol. The molecule has 1 saturated heterocycles. The fourth-order valence-corrected chi connectivity index (χ4v) is 3.29. The molecule has 0 radical (unpaired) electrons. The SMILES string of the molecule is O=C(NC1CCCCNC1=O)c1cc(C2CC2)nc2ccccc12. The average Bonchev–Trinajstić information content (AvgIpc) is 3.44. The van der Waals surface area contributed by atoms with Crippen LogP contribution in [0.5, 0.6) is 0 Å². The molecular weight excluding hydrogens is 302 g/mol. The standard InChI is InChI=1S/C19H21N3O2/c23-18(22-16-7-3-4-10-20-19(16)24)14-11-17(12-8-9-12)21-15-6-2-1-5-13(14)15/h1-2,5-6,11-12,16H,3-4,7-10H2,(H,20,24)(H,22,23). The third-order valence-electron chi connectivity index (χ3n) is 4.82. The van der Waals surface area contributed by atoms with Crippen LogP contribution in [0.4, 0.5) is 0 Å². The lowest BCUT2D eigenvalue weighted by Gasteiger charge is -2.16. The molecule has 2 aliphatic rings. The molecule has 24 heavy (non-hydrogen) atoms. The van der Waals surface area contributed by atoms with Gasteiger partial charge in [-0.3, -0.25) is 14.6 Å². The summed E-state index contributed by atoms with van der Waals surface area (Å²) in [5.41, 5.74) is 2.46. The van der Waals surface area contributed by atoms with Crippen molar-refractivity contribution in [1.82, 2.24) is 15.6 Å². The number of aromatic nitrogens is 1. The summed E-state index contributed by atoms with van der Waals surface area (Å²) in [6.07, 6.45) is 4.86. The van der Waals surface area contributed by atoms with E-state index in [-0.39, 0.29) is 11.8 Å². The molecule has 2 aromatic rings. The summed E-state index contributed by atoms with van der Waals surface area (Å²) in [7, 11) is 0. The summed E-state index contributed by atoms with van der Waals surface area (Å²) in [6, 6.07) is 9.17. The Hall–Kier alpha value is -2.43. The molecule has 1 aliphatic heterocycles. The molecule has 1 unspecified atom stereocenters. The van der Waals surface area contributed by atoms with E-state index in [1.807, 2.05) is 30.3 Å². The van der Waals surface area contributed by atoms with E-state index < -0.39 is 6.04 Å². The maximum absolute atomic E-state index is 12.9. The van der Waals surface area contributed by atoms with Gasteiger partial charge in [0.05, 0.1) is 11.1 Å². The Morgan fingerprint density at radius 3 is 2.83 bits per heavy atom. The van der Waals surface area contributed by atoms with Crippen molar-refractivity contribution >= 4 is 22.7 Å². The van der Waals surface area contributed by atoms with E-state index in [4.69, 9.17) is 4.98 Å². The highest BCUT2D eigenvalue weighted by molar-refractivity contribution is 6.07. The Morgan fingerprint density at radius 2 is 2.00 bits per heavy atom. The van der Waals surface area contributed by atoms with Crippen LogP contribution in [0.25, 0.3) is 10.9 Å². The van der Waals surface area contributed by atoms with E-state index in [1.54, 1.807) is 0 Å². The molecule has 1 aliphatic carbocycles. The number of hydrogen-bond acceptors (Lipinski definition) is 3. The first-order valence-corrected chi connectivity index (χ1v) is 8.70. The molecule has 2 amide bonds. The van der Waals surface area contributed by atoms with Crippen molar-refractivity contribution < 1.29 is 9.59 Å². The number of pyridine rings is 1. The summed E-state index contributed by atoms with van der Waals surface area (Å²) >= 11 is 0. The molecule has 5 nitrogen and oxygen atoms in total. The quantitative estimate of drug-likeness (QED) is 0.912. The summed E-state index contributed by atoms with van der Waals surface area (Å²) in [4.78, 5) is 29.7. The summed E-state index contributed by atoms with van der Waals surface area (Å²) in [6.45, 7) is 0.690. The number of carbonyl (C=O) groups is 2. The van der Waals surface area contributed by atoms with Crippen molar-refractivity contribution in [3.05, 3.63) is 41.6 Å². The molecule has 1 aromatic heterocycles. The monoisotopic (exact) mass is 323 g/mol. The minimum atomic E-state index is -0.448. The van der Waals surface area contributed by atoms with Gasteiger partial charge in [0, 0.05) is 23.5 Å². The van der Waals surface area contributed by atoms with Crippen molar-refractivity contribution in [1.29, 1.82) is 0 Å². The third-order valence-corrected chi connectivity index (χ3v) is 4.82. The smallest absolute Gasteiger partial charge is 0.252 e. The minimum Gasteiger partial charge on any atom is -0.354 e.